The highest BCUT2D eigenvalue weighted by atomic mass is 32.1. The van der Waals surface area contributed by atoms with Gasteiger partial charge < -0.3 is 4.84 Å². The summed E-state index contributed by atoms with van der Waals surface area (Å²) < 4.78 is 1.28. The molecule has 0 atom stereocenters. The molecule has 3 rings (SSSR count). The van der Waals surface area contributed by atoms with Crippen molar-refractivity contribution in [1.82, 2.24) is 0 Å². The molecule has 0 aliphatic rings. The third-order valence-electron chi connectivity index (χ3n) is 3.06. The molecule has 20 heavy (non-hydrogen) atoms. The molecule has 0 N–H and O–H groups in total. The SMILES string of the molecule is C/C(=N\OCc1ccccc1)c1cc2ccccc2s1. The number of oxime groups is 1. The van der Waals surface area contributed by atoms with Crippen molar-refractivity contribution < 1.29 is 4.84 Å². The van der Waals surface area contributed by atoms with E-state index in [2.05, 4.69) is 35.5 Å². The topological polar surface area (TPSA) is 21.6 Å². The fourth-order valence-electron chi connectivity index (χ4n) is 1.98. The maximum absolute atomic E-state index is 5.43. The van der Waals surface area contributed by atoms with Gasteiger partial charge in [-0.15, -0.1) is 11.3 Å². The maximum atomic E-state index is 5.43. The van der Waals surface area contributed by atoms with Crippen LogP contribution in [0.5, 0.6) is 0 Å². The molecule has 0 aliphatic heterocycles. The van der Waals surface area contributed by atoms with Crippen LogP contribution in [0.3, 0.4) is 0 Å². The first-order valence-corrected chi connectivity index (χ1v) is 7.34. The fraction of sp³-hybridized carbons (Fsp3) is 0.118. The first-order chi connectivity index (χ1) is 9.83. The summed E-state index contributed by atoms with van der Waals surface area (Å²) in [6.45, 7) is 2.48. The number of hydrogen-bond acceptors (Lipinski definition) is 3. The molecule has 2 nitrogen and oxygen atoms in total. The van der Waals surface area contributed by atoms with Gasteiger partial charge in [-0.2, -0.15) is 0 Å². The summed E-state index contributed by atoms with van der Waals surface area (Å²) in [7, 11) is 0. The Morgan fingerprint density at radius 3 is 2.60 bits per heavy atom. The van der Waals surface area contributed by atoms with Crippen LogP contribution in [0, 0.1) is 0 Å². The summed E-state index contributed by atoms with van der Waals surface area (Å²) in [5, 5.41) is 5.47. The molecule has 0 spiro atoms. The Morgan fingerprint density at radius 2 is 1.80 bits per heavy atom. The number of rotatable bonds is 4. The van der Waals surface area contributed by atoms with E-state index in [-0.39, 0.29) is 0 Å². The van der Waals surface area contributed by atoms with E-state index in [1.54, 1.807) is 11.3 Å². The summed E-state index contributed by atoms with van der Waals surface area (Å²) in [5.41, 5.74) is 2.04. The summed E-state index contributed by atoms with van der Waals surface area (Å²) in [6.07, 6.45) is 0. The van der Waals surface area contributed by atoms with Gasteiger partial charge in [0, 0.05) is 4.70 Å². The smallest absolute Gasteiger partial charge is 0.142 e. The lowest BCUT2D eigenvalue weighted by molar-refractivity contribution is 0.130. The maximum Gasteiger partial charge on any atom is 0.142 e. The van der Waals surface area contributed by atoms with Gasteiger partial charge in [-0.25, -0.2) is 0 Å². The van der Waals surface area contributed by atoms with E-state index in [0.717, 1.165) is 16.2 Å². The quantitative estimate of drug-likeness (QED) is 0.495. The molecule has 2 aromatic carbocycles. The van der Waals surface area contributed by atoms with E-state index in [4.69, 9.17) is 4.84 Å². The van der Waals surface area contributed by atoms with Crippen LogP contribution >= 0.6 is 11.3 Å². The van der Waals surface area contributed by atoms with Gasteiger partial charge in [0.15, 0.2) is 0 Å². The lowest BCUT2D eigenvalue weighted by Gasteiger charge is -2.00. The van der Waals surface area contributed by atoms with Crippen LogP contribution in [0.2, 0.25) is 0 Å². The van der Waals surface area contributed by atoms with Gasteiger partial charge >= 0.3 is 0 Å². The molecule has 0 saturated heterocycles. The van der Waals surface area contributed by atoms with Gasteiger partial charge in [0.05, 0.1) is 10.6 Å². The predicted octanol–water partition coefficient (Wildman–Crippen LogP) is 4.84. The number of thiophene rings is 1. The Labute approximate surface area is 122 Å². The van der Waals surface area contributed by atoms with E-state index in [0.29, 0.717) is 6.61 Å². The van der Waals surface area contributed by atoms with E-state index in [1.165, 1.54) is 10.1 Å². The lowest BCUT2D eigenvalue weighted by Crippen LogP contribution is -1.93. The first kappa shape index (κ1) is 12.9. The van der Waals surface area contributed by atoms with Crippen molar-refractivity contribution in [3.63, 3.8) is 0 Å². The van der Waals surface area contributed by atoms with Crippen LogP contribution in [0.1, 0.15) is 17.4 Å². The minimum Gasteiger partial charge on any atom is -0.391 e. The number of fused-ring (bicyclic) bond motifs is 1. The zero-order chi connectivity index (χ0) is 13.8. The van der Waals surface area contributed by atoms with E-state index in [1.807, 2.05) is 37.3 Å². The predicted molar refractivity (Wildman–Crippen MR) is 85.3 cm³/mol. The molecule has 0 bridgehead atoms. The highest BCUT2D eigenvalue weighted by Gasteiger charge is 2.04. The van der Waals surface area contributed by atoms with E-state index >= 15 is 0 Å². The van der Waals surface area contributed by atoms with Gasteiger partial charge in [-0.1, -0.05) is 53.7 Å². The molecule has 3 aromatic rings. The third kappa shape index (κ3) is 2.89. The molecule has 100 valence electrons. The second-order valence-electron chi connectivity index (χ2n) is 4.58. The Bertz CT molecular complexity index is 698. The van der Waals surface area contributed by atoms with Crippen LogP contribution in [-0.4, -0.2) is 5.71 Å². The Hall–Kier alpha value is -2.13. The first-order valence-electron chi connectivity index (χ1n) is 6.52. The van der Waals surface area contributed by atoms with Crippen LogP contribution < -0.4 is 0 Å². The van der Waals surface area contributed by atoms with Crippen molar-refractivity contribution in [2.24, 2.45) is 5.16 Å². The monoisotopic (exact) mass is 281 g/mol. The zero-order valence-electron chi connectivity index (χ0n) is 11.2. The van der Waals surface area contributed by atoms with Crippen molar-refractivity contribution in [3.8, 4) is 0 Å². The summed E-state index contributed by atoms with van der Waals surface area (Å²) in [4.78, 5) is 6.58. The molecule has 1 heterocycles. The third-order valence-corrected chi connectivity index (χ3v) is 4.28. The summed E-state index contributed by atoms with van der Waals surface area (Å²) >= 11 is 1.74. The Kier molecular flexibility index (Phi) is 3.79. The second kappa shape index (κ2) is 5.88. The minimum atomic E-state index is 0.503. The van der Waals surface area contributed by atoms with Crippen molar-refractivity contribution in [1.29, 1.82) is 0 Å². The highest BCUT2D eigenvalue weighted by Crippen LogP contribution is 2.25. The van der Waals surface area contributed by atoms with Gasteiger partial charge in [-0.05, 0) is 30.0 Å². The van der Waals surface area contributed by atoms with Crippen LogP contribution in [-0.2, 0) is 11.4 Å². The molecule has 0 unspecified atom stereocenters. The molecule has 0 aliphatic carbocycles. The number of hydrogen-bond donors (Lipinski definition) is 0. The molecule has 0 saturated carbocycles. The molecule has 1 aromatic heterocycles. The van der Waals surface area contributed by atoms with Crippen molar-refractivity contribution in [2.75, 3.05) is 0 Å². The molecule has 3 heteroatoms. The second-order valence-corrected chi connectivity index (χ2v) is 5.67. The van der Waals surface area contributed by atoms with Gasteiger partial charge in [-0.3, -0.25) is 0 Å². The summed E-state index contributed by atoms with van der Waals surface area (Å²) in [6, 6.07) is 20.6. The molecular formula is C17H15NOS. The normalized spacial score (nSPS) is 11.8. The summed E-state index contributed by atoms with van der Waals surface area (Å²) in [5.74, 6) is 0. The standard InChI is InChI=1S/C17H15NOS/c1-13(18-19-12-14-7-3-2-4-8-14)17-11-15-9-5-6-10-16(15)20-17/h2-11H,12H2,1H3/b18-13+. The molecule has 0 radical (unpaired) electrons. The van der Waals surface area contributed by atoms with Crippen molar-refractivity contribution >= 4 is 27.1 Å². The van der Waals surface area contributed by atoms with E-state index < -0.39 is 0 Å². The Morgan fingerprint density at radius 1 is 1.05 bits per heavy atom. The van der Waals surface area contributed by atoms with Gasteiger partial charge in [0.1, 0.15) is 6.61 Å². The van der Waals surface area contributed by atoms with E-state index in [9.17, 15) is 0 Å². The average Bonchev–Trinajstić information content (AvgIpc) is 2.92. The van der Waals surface area contributed by atoms with Crippen molar-refractivity contribution in [3.05, 3.63) is 71.1 Å². The van der Waals surface area contributed by atoms with Gasteiger partial charge in [0.2, 0.25) is 0 Å². The van der Waals surface area contributed by atoms with Gasteiger partial charge in [0.25, 0.3) is 0 Å². The average molecular weight is 281 g/mol. The van der Waals surface area contributed by atoms with Crippen LogP contribution in [0.15, 0.2) is 65.8 Å². The van der Waals surface area contributed by atoms with Crippen LogP contribution in [0.4, 0.5) is 0 Å². The zero-order valence-corrected chi connectivity index (χ0v) is 12.1. The lowest BCUT2D eigenvalue weighted by atomic mass is 10.2. The number of benzene rings is 2. The van der Waals surface area contributed by atoms with Crippen LogP contribution in [0.25, 0.3) is 10.1 Å². The Balaban J connectivity index is 1.71. The largest absolute Gasteiger partial charge is 0.391 e. The molecule has 0 fully saturated rings. The highest BCUT2D eigenvalue weighted by molar-refractivity contribution is 7.20. The molecular weight excluding hydrogens is 266 g/mol. The number of nitrogens with zero attached hydrogens (tertiary/aromatic N) is 1. The van der Waals surface area contributed by atoms with Crippen molar-refractivity contribution in [2.45, 2.75) is 13.5 Å². The fourth-order valence-corrected chi connectivity index (χ4v) is 2.98. The molecule has 0 amide bonds. The minimum absolute atomic E-state index is 0.503.